The van der Waals surface area contributed by atoms with Crippen molar-refractivity contribution >= 4 is 29.5 Å². The third-order valence-corrected chi connectivity index (χ3v) is 3.80. The van der Waals surface area contributed by atoms with Gasteiger partial charge in [0.25, 0.3) is 0 Å². The Hall–Kier alpha value is -1.91. The lowest BCUT2D eigenvalue weighted by Crippen LogP contribution is -2.03. The van der Waals surface area contributed by atoms with Crippen LogP contribution in [0.25, 0.3) is 0 Å². The van der Waals surface area contributed by atoms with Crippen LogP contribution in [-0.2, 0) is 0 Å². The lowest BCUT2D eigenvalue weighted by Gasteiger charge is -2.11. The van der Waals surface area contributed by atoms with Crippen LogP contribution in [0.2, 0.25) is 10.0 Å². The van der Waals surface area contributed by atoms with E-state index in [0.29, 0.717) is 46.1 Å². The van der Waals surface area contributed by atoms with E-state index in [2.05, 4.69) is 0 Å². The quantitative estimate of drug-likeness (QED) is 0.458. The first-order valence-electron chi connectivity index (χ1n) is 7.48. The maximum absolute atomic E-state index is 10.8. The molecule has 0 saturated heterocycles. The molecule has 0 fully saturated rings. The first kappa shape index (κ1) is 18.4. The van der Waals surface area contributed by atoms with Crippen LogP contribution < -0.4 is 14.2 Å². The van der Waals surface area contributed by atoms with Gasteiger partial charge in [-0.15, -0.1) is 0 Å². The molecule has 0 heterocycles. The zero-order valence-corrected chi connectivity index (χ0v) is 14.8. The number of unbranched alkanes of at least 4 members (excludes halogenated alkanes) is 1. The summed E-state index contributed by atoms with van der Waals surface area (Å²) in [5, 5.41) is 1.08. The van der Waals surface area contributed by atoms with Gasteiger partial charge in [-0.05, 0) is 49.2 Å². The van der Waals surface area contributed by atoms with E-state index < -0.39 is 0 Å². The molecule has 0 aliphatic rings. The van der Waals surface area contributed by atoms with Gasteiger partial charge in [-0.1, -0.05) is 23.2 Å². The van der Waals surface area contributed by atoms with Crippen molar-refractivity contribution in [1.29, 1.82) is 0 Å². The van der Waals surface area contributed by atoms with Crippen LogP contribution in [0, 0.1) is 0 Å². The highest BCUT2D eigenvalue weighted by Gasteiger charge is 2.06. The van der Waals surface area contributed by atoms with Gasteiger partial charge in [-0.3, -0.25) is 4.79 Å². The Morgan fingerprint density at radius 2 is 1.58 bits per heavy atom. The Morgan fingerprint density at radius 1 is 0.917 bits per heavy atom. The first-order chi connectivity index (χ1) is 11.6. The minimum absolute atomic E-state index is 0.499. The molecule has 0 spiro atoms. The summed E-state index contributed by atoms with van der Waals surface area (Å²) in [5.41, 5.74) is 0.549. The van der Waals surface area contributed by atoms with Crippen molar-refractivity contribution in [2.75, 3.05) is 20.3 Å². The molecule has 0 unspecified atom stereocenters. The summed E-state index contributed by atoms with van der Waals surface area (Å²) in [6.07, 6.45) is 2.39. The standard InChI is InChI=1S/C18H18Cl2O4/c1-22-18-10-13(12-21)4-6-17(18)24-9-3-2-8-23-16-7-5-14(19)11-15(16)20/h4-7,10-12H,2-3,8-9H2,1H3. The highest BCUT2D eigenvalue weighted by molar-refractivity contribution is 6.35. The van der Waals surface area contributed by atoms with Gasteiger partial charge in [0.1, 0.15) is 12.0 Å². The maximum atomic E-state index is 10.8. The third kappa shape index (κ3) is 5.32. The molecule has 0 saturated carbocycles. The summed E-state index contributed by atoms with van der Waals surface area (Å²) in [4.78, 5) is 10.8. The summed E-state index contributed by atoms with van der Waals surface area (Å²) >= 11 is 11.9. The minimum Gasteiger partial charge on any atom is -0.493 e. The number of hydrogen-bond acceptors (Lipinski definition) is 4. The zero-order chi connectivity index (χ0) is 17.4. The number of aldehydes is 1. The molecule has 2 rings (SSSR count). The first-order valence-corrected chi connectivity index (χ1v) is 8.23. The predicted molar refractivity (Wildman–Crippen MR) is 95.1 cm³/mol. The molecule has 0 amide bonds. The van der Waals surface area contributed by atoms with E-state index in [4.69, 9.17) is 37.4 Å². The van der Waals surface area contributed by atoms with E-state index in [0.717, 1.165) is 19.1 Å². The number of halogens is 2. The van der Waals surface area contributed by atoms with Gasteiger partial charge in [0.15, 0.2) is 11.5 Å². The molecule has 0 aromatic heterocycles. The fourth-order valence-electron chi connectivity index (χ4n) is 2.04. The maximum Gasteiger partial charge on any atom is 0.161 e. The third-order valence-electron chi connectivity index (χ3n) is 3.27. The van der Waals surface area contributed by atoms with E-state index in [1.807, 2.05) is 0 Å². The molecular weight excluding hydrogens is 351 g/mol. The minimum atomic E-state index is 0.499. The monoisotopic (exact) mass is 368 g/mol. The van der Waals surface area contributed by atoms with Crippen molar-refractivity contribution in [2.24, 2.45) is 0 Å². The highest BCUT2D eigenvalue weighted by atomic mass is 35.5. The number of benzene rings is 2. The Kier molecular flexibility index (Phi) is 7.22. The van der Waals surface area contributed by atoms with E-state index in [1.54, 1.807) is 43.5 Å². The smallest absolute Gasteiger partial charge is 0.161 e. The van der Waals surface area contributed by atoms with E-state index in [-0.39, 0.29) is 0 Å². The van der Waals surface area contributed by atoms with Crippen LogP contribution in [0.1, 0.15) is 23.2 Å². The average molecular weight is 369 g/mol. The molecular formula is C18H18Cl2O4. The van der Waals surface area contributed by atoms with Crippen LogP contribution in [0.15, 0.2) is 36.4 Å². The van der Waals surface area contributed by atoms with Crippen molar-refractivity contribution in [3.63, 3.8) is 0 Å². The van der Waals surface area contributed by atoms with Crippen LogP contribution in [0.4, 0.5) is 0 Å². The van der Waals surface area contributed by atoms with Crippen molar-refractivity contribution in [1.82, 2.24) is 0 Å². The zero-order valence-electron chi connectivity index (χ0n) is 13.3. The SMILES string of the molecule is COc1cc(C=O)ccc1OCCCCOc1ccc(Cl)cc1Cl. The fraction of sp³-hybridized carbons (Fsp3) is 0.278. The number of ether oxygens (including phenoxy) is 3. The molecule has 0 aliphatic heterocycles. The Bertz CT molecular complexity index is 689. The lowest BCUT2D eigenvalue weighted by molar-refractivity contribution is 0.112. The Balaban J connectivity index is 1.72. The summed E-state index contributed by atoms with van der Waals surface area (Å²) in [6, 6.07) is 10.2. The van der Waals surface area contributed by atoms with Gasteiger partial charge in [0.05, 0.1) is 25.3 Å². The van der Waals surface area contributed by atoms with Crippen LogP contribution >= 0.6 is 23.2 Å². The van der Waals surface area contributed by atoms with Gasteiger partial charge in [0.2, 0.25) is 0 Å². The summed E-state index contributed by atoms with van der Waals surface area (Å²) < 4.78 is 16.5. The summed E-state index contributed by atoms with van der Waals surface area (Å²) in [7, 11) is 1.54. The molecule has 6 heteroatoms. The fourth-order valence-corrected chi connectivity index (χ4v) is 2.50. The topological polar surface area (TPSA) is 44.8 Å². The average Bonchev–Trinajstić information content (AvgIpc) is 2.59. The van der Waals surface area contributed by atoms with Crippen molar-refractivity contribution < 1.29 is 19.0 Å². The second-order valence-corrected chi connectivity index (χ2v) is 5.85. The highest BCUT2D eigenvalue weighted by Crippen LogP contribution is 2.28. The number of methoxy groups -OCH3 is 1. The Labute approximate surface area is 151 Å². The second kappa shape index (κ2) is 9.40. The van der Waals surface area contributed by atoms with E-state index >= 15 is 0 Å². The van der Waals surface area contributed by atoms with E-state index in [1.165, 1.54) is 0 Å². The van der Waals surface area contributed by atoms with Gasteiger partial charge < -0.3 is 14.2 Å². The van der Waals surface area contributed by atoms with Gasteiger partial charge in [-0.2, -0.15) is 0 Å². The molecule has 24 heavy (non-hydrogen) atoms. The second-order valence-electron chi connectivity index (χ2n) is 5.01. The van der Waals surface area contributed by atoms with Gasteiger partial charge in [-0.25, -0.2) is 0 Å². The number of carbonyl (C=O) groups is 1. The summed E-state index contributed by atoms with van der Waals surface area (Å²) in [6.45, 7) is 1.06. The molecule has 0 N–H and O–H groups in total. The van der Waals surface area contributed by atoms with Crippen LogP contribution in [0.3, 0.4) is 0 Å². The Morgan fingerprint density at radius 3 is 2.21 bits per heavy atom. The van der Waals surface area contributed by atoms with Crippen molar-refractivity contribution in [3.8, 4) is 17.2 Å². The molecule has 0 aliphatic carbocycles. The normalized spacial score (nSPS) is 10.3. The van der Waals surface area contributed by atoms with E-state index in [9.17, 15) is 4.79 Å². The van der Waals surface area contributed by atoms with Crippen LogP contribution in [-0.4, -0.2) is 26.6 Å². The molecule has 0 bridgehead atoms. The molecule has 2 aromatic carbocycles. The molecule has 128 valence electrons. The number of rotatable bonds is 9. The molecule has 0 atom stereocenters. The molecule has 4 nitrogen and oxygen atoms in total. The van der Waals surface area contributed by atoms with Crippen LogP contribution in [0.5, 0.6) is 17.2 Å². The van der Waals surface area contributed by atoms with Crippen molar-refractivity contribution in [2.45, 2.75) is 12.8 Å². The largest absolute Gasteiger partial charge is 0.493 e. The van der Waals surface area contributed by atoms with Gasteiger partial charge >= 0.3 is 0 Å². The predicted octanol–water partition coefficient (Wildman–Crippen LogP) is 5.05. The molecule has 0 radical (unpaired) electrons. The number of carbonyl (C=O) groups excluding carboxylic acids is 1. The lowest BCUT2D eigenvalue weighted by atomic mass is 10.2. The molecule has 2 aromatic rings. The summed E-state index contributed by atoms with van der Waals surface area (Å²) in [5.74, 6) is 1.78. The van der Waals surface area contributed by atoms with Gasteiger partial charge in [0, 0.05) is 10.6 Å². The number of hydrogen-bond donors (Lipinski definition) is 0. The van der Waals surface area contributed by atoms with Crippen molar-refractivity contribution in [3.05, 3.63) is 52.0 Å².